The van der Waals surface area contributed by atoms with Gasteiger partial charge in [0, 0.05) is 44.0 Å². The van der Waals surface area contributed by atoms with Crippen LogP contribution in [0.1, 0.15) is 24.8 Å². The van der Waals surface area contributed by atoms with Crippen molar-refractivity contribution in [3.63, 3.8) is 0 Å². The molecule has 2 heterocycles. The molecule has 3 N–H and O–H groups in total. The highest BCUT2D eigenvalue weighted by molar-refractivity contribution is 5.90. The monoisotopic (exact) mass is 390 g/mol. The first-order valence-electron chi connectivity index (χ1n) is 9.90. The zero-order valence-corrected chi connectivity index (χ0v) is 16.1. The molecule has 2 atom stereocenters. The van der Waals surface area contributed by atoms with E-state index in [9.17, 15) is 14.0 Å². The topological polar surface area (TPSA) is 84.9 Å². The summed E-state index contributed by atoms with van der Waals surface area (Å²) in [5.74, 6) is -1.38. The van der Waals surface area contributed by atoms with Gasteiger partial charge >= 0.3 is 0 Å². The van der Waals surface area contributed by atoms with Crippen molar-refractivity contribution in [3.8, 4) is 0 Å². The van der Waals surface area contributed by atoms with E-state index in [0.717, 1.165) is 25.1 Å². The number of hydrogen-bond donors (Lipinski definition) is 3. The van der Waals surface area contributed by atoms with Gasteiger partial charge in [-0.2, -0.15) is 0 Å². The highest BCUT2D eigenvalue weighted by atomic mass is 19.1. The second-order valence-corrected chi connectivity index (χ2v) is 8.34. The third-order valence-electron chi connectivity index (χ3n) is 6.59. The van der Waals surface area contributed by atoms with E-state index in [1.54, 1.807) is 23.4 Å². The van der Waals surface area contributed by atoms with Gasteiger partial charge in [0.25, 0.3) is 0 Å². The van der Waals surface area contributed by atoms with Crippen LogP contribution in [0.5, 0.6) is 0 Å². The largest absolute Gasteiger partial charge is 0.368 e. The SMILES string of the molecule is Cc1c(F)cccc1N1CCN(C(=O)C2NCC3(CC3)CC2C(=O)NO)CC1. The Morgan fingerprint density at radius 3 is 2.61 bits per heavy atom. The Morgan fingerprint density at radius 1 is 1.25 bits per heavy atom. The van der Waals surface area contributed by atoms with Gasteiger partial charge in [-0.3, -0.25) is 14.8 Å². The van der Waals surface area contributed by atoms with Gasteiger partial charge in [0.15, 0.2) is 0 Å². The number of rotatable bonds is 3. The molecule has 7 nitrogen and oxygen atoms in total. The van der Waals surface area contributed by atoms with Gasteiger partial charge in [0.1, 0.15) is 5.82 Å². The number of nitrogens with one attached hydrogen (secondary N) is 2. The summed E-state index contributed by atoms with van der Waals surface area (Å²) in [6.45, 7) is 4.77. The molecule has 2 amide bonds. The number of piperidine rings is 1. The molecule has 1 aromatic rings. The van der Waals surface area contributed by atoms with Crippen molar-refractivity contribution in [2.75, 3.05) is 37.6 Å². The minimum atomic E-state index is -0.610. The van der Waals surface area contributed by atoms with Gasteiger partial charge in [-0.05, 0) is 43.7 Å². The van der Waals surface area contributed by atoms with Crippen LogP contribution in [-0.4, -0.2) is 60.7 Å². The van der Waals surface area contributed by atoms with Crippen molar-refractivity contribution < 1.29 is 19.2 Å². The van der Waals surface area contributed by atoms with Crippen molar-refractivity contribution in [3.05, 3.63) is 29.6 Å². The highest BCUT2D eigenvalue weighted by Gasteiger charge is 2.52. The van der Waals surface area contributed by atoms with Gasteiger partial charge in [-0.15, -0.1) is 0 Å². The Hall–Kier alpha value is -2.19. The zero-order chi connectivity index (χ0) is 19.9. The van der Waals surface area contributed by atoms with E-state index in [1.807, 2.05) is 6.07 Å². The average molecular weight is 390 g/mol. The van der Waals surface area contributed by atoms with Crippen LogP contribution in [0.2, 0.25) is 0 Å². The average Bonchev–Trinajstić information content (AvgIpc) is 3.47. The molecule has 152 valence electrons. The second kappa shape index (κ2) is 7.33. The lowest BCUT2D eigenvalue weighted by Gasteiger charge is -2.41. The summed E-state index contributed by atoms with van der Waals surface area (Å²) in [7, 11) is 0. The number of anilines is 1. The standard InChI is InChI=1S/C20H27FN4O3/c1-13-15(21)3-2-4-16(13)24-7-9-25(10-8-24)19(27)17-14(18(26)23-28)11-20(5-6-20)12-22-17/h2-4,14,17,22,28H,5-12H2,1H3,(H,23,26). The first-order chi connectivity index (χ1) is 13.4. The molecule has 28 heavy (non-hydrogen) atoms. The quantitative estimate of drug-likeness (QED) is 0.531. The summed E-state index contributed by atoms with van der Waals surface area (Å²) in [6.07, 6.45) is 2.74. The van der Waals surface area contributed by atoms with E-state index in [-0.39, 0.29) is 17.1 Å². The number of halogens is 1. The number of hydroxylamine groups is 1. The van der Waals surface area contributed by atoms with E-state index < -0.39 is 17.9 Å². The predicted octanol–water partition coefficient (Wildman–Crippen LogP) is 1.05. The third-order valence-corrected chi connectivity index (χ3v) is 6.59. The number of nitrogens with zero attached hydrogens (tertiary/aromatic N) is 2. The van der Waals surface area contributed by atoms with Crippen molar-refractivity contribution >= 4 is 17.5 Å². The fourth-order valence-corrected chi connectivity index (χ4v) is 4.57. The molecule has 4 rings (SSSR count). The van der Waals surface area contributed by atoms with Crippen LogP contribution in [-0.2, 0) is 9.59 Å². The van der Waals surface area contributed by atoms with Crippen molar-refractivity contribution in [2.24, 2.45) is 11.3 Å². The lowest BCUT2D eigenvalue weighted by atomic mass is 9.81. The number of piperazine rings is 1. The summed E-state index contributed by atoms with van der Waals surface area (Å²) in [6, 6.07) is 4.44. The maximum absolute atomic E-state index is 13.8. The van der Waals surface area contributed by atoms with E-state index in [1.165, 1.54) is 6.07 Å². The summed E-state index contributed by atoms with van der Waals surface area (Å²) in [4.78, 5) is 29.1. The molecule has 1 saturated carbocycles. The van der Waals surface area contributed by atoms with Crippen LogP contribution >= 0.6 is 0 Å². The van der Waals surface area contributed by atoms with Crippen LogP contribution in [0.25, 0.3) is 0 Å². The molecule has 8 heteroatoms. The molecule has 1 aliphatic carbocycles. The Kier molecular flexibility index (Phi) is 5.01. The minimum Gasteiger partial charge on any atom is -0.368 e. The van der Waals surface area contributed by atoms with Gasteiger partial charge < -0.3 is 15.1 Å². The van der Waals surface area contributed by atoms with Gasteiger partial charge in [0.05, 0.1) is 12.0 Å². The molecule has 3 aliphatic rings. The lowest BCUT2D eigenvalue weighted by Crippen LogP contribution is -2.61. The Balaban J connectivity index is 1.41. The number of benzene rings is 1. The predicted molar refractivity (Wildman–Crippen MR) is 101 cm³/mol. The maximum Gasteiger partial charge on any atom is 0.248 e. The van der Waals surface area contributed by atoms with Crippen molar-refractivity contribution in [2.45, 2.75) is 32.2 Å². The van der Waals surface area contributed by atoms with Crippen LogP contribution in [0, 0.1) is 24.1 Å². The second-order valence-electron chi connectivity index (χ2n) is 8.34. The number of carbonyl (C=O) groups excluding carboxylic acids is 2. The van der Waals surface area contributed by atoms with Crippen LogP contribution < -0.4 is 15.7 Å². The summed E-state index contributed by atoms with van der Waals surface area (Å²) < 4.78 is 13.8. The maximum atomic E-state index is 13.8. The van der Waals surface area contributed by atoms with Gasteiger partial charge in [-0.1, -0.05) is 6.07 Å². The van der Waals surface area contributed by atoms with Gasteiger partial charge in [0.2, 0.25) is 11.8 Å². The first kappa shape index (κ1) is 19.1. The minimum absolute atomic E-state index is 0.0975. The van der Waals surface area contributed by atoms with Crippen molar-refractivity contribution in [1.29, 1.82) is 0 Å². The summed E-state index contributed by atoms with van der Waals surface area (Å²) >= 11 is 0. The number of carbonyl (C=O) groups is 2. The van der Waals surface area contributed by atoms with Crippen molar-refractivity contribution in [1.82, 2.24) is 15.7 Å². The summed E-state index contributed by atoms with van der Waals surface area (Å²) in [5.41, 5.74) is 3.32. The molecule has 3 fully saturated rings. The number of amides is 2. The molecular formula is C20H27FN4O3. The van der Waals surface area contributed by atoms with E-state index in [4.69, 9.17) is 5.21 Å². The number of hydrogen-bond acceptors (Lipinski definition) is 5. The molecule has 0 aromatic heterocycles. The Morgan fingerprint density at radius 2 is 1.96 bits per heavy atom. The van der Waals surface area contributed by atoms with E-state index in [2.05, 4.69) is 10.2 Å². The Bertz CT molecular complexity index is 775. The molecule has 1 spiro atoms. The fourth-order valence-electron chi connectivity index (χ4n) is 4.57. The molecular weight excluding hydrogens is 363 g/mol. The Labute approximate surface area is 163 Å². The van der Waals surface area contributed by atoms with Gasteiger partial charge in [-0.25, -0.2) is 9.87 Å². The van der Waals surface area contributed by atoms with E-state index in [0.29, 0.717) is 38.2 Å². The molecule has 0 radical (unpaired) electrons. The van der Waals surface area contributed by atoms with E-state index >= 15 is 0 Å². The highest BCUT2D eigenvalue weighted by Crippen LogP contribution is 2.52. The van der Waals surface area contributed by atoms with Crippen LogP contribution in [0.3, 0.4) is 0 Å². The molecule has 2 saturated heterocycles. The normalized spacial score (nSPS) is 26.2. The smallest absolute Gasteiger partial charge is 0.248 e. The molecule has 2 unspecified atom stereocenters. The third kappa shape index (κ3) is 3.46. The lowest BCUT2D eigenvalue weighted by molar-refractivity contribution is -0.145. The van der Waals surface area contributed by atoms with Crippen LogP contribution in [0.15, 0.2) is 18.2 Å². The molecule has 1 aromatic carbocycles. The zero-order valence-electron chi connectivity index (χ0n) is 16.1. The summed E-state index contributed by atoms with van der Waals surface area (Å²) in [5, 5.41) is 12.4. The fraction of sp³-hybridized carbons (Fsp3) is 0.600. The molecule has 0 bridgehead atoms. The first-order valence-corrected chi connectivity index (χ1v) is 9.90. The molecule has 2 aliphatic heterocycles. The van der Waals surface area contributed by atoms with Crippen LogP contribution in [0.4, 0.5) is 10.1 Å².